The smallest absolute Gasteiger partial charge is 0.158 e. The van der Waals surface area contributed by atoms with Crippen molar-refractivity contribution in [2.45, 2.75) is 0 Å². The Balaban J connectivity index is 1.89. The minimum Gasteiger partial charge on any atom is -0.489 e. The van der Waals surface area contributed by atoms with E-state index < -0.39 is 0 Å². The van der Waals surface area contributed by atoms with E-state index in [1.165, 1.54) is 0 Å². The summed E-state index contributed by atoms with van der Waals surface area (Å²) < 4.78 is 5.59. The molecule has 0 saturated carbocycles. The average molecular weight is 220 g/mol. The van der Waals surface area contributed by atoms with E-state index in [-0.39, 0.29) is 0 Å². The molecule has 15 heavy (non-hydrogen) atoms. The van der Waals surface area contributed by atoms with Gasteiger partial charge >= 0.3 is 0 Å². The van der Waals surface area contributed by atoms with Gasteiger partial charge in [0.15, 0.2) is 5.17 Å². The highest BCUT2D eigenvalue weighted by molar-refractivity contribution is 8.14. The van der Waals surface area contributed by atoms with Gasteiger partial charge < -0.3 is 10.5 Å². The Hall–Kier alpha value is -1.42. The predicted octanol–water partition coefficient (Wildman–Crippen LogP) is 2.01. The Kier molecular flexibility index (Phi) is 3.29. The van der Waals surface area contributed by atoms with E-state index in [4.69, 9.17) is 10.5 Å². The van der Waals surface area contributed by atoms with Crippen molar-refractivity contribution in [1.82, 2.24) is 0 Å². The number of ether oxygens (including phenoxy) is 1. The van der Waals surface area contributed by atoms with Crippen molar-refractivity contribution in [3.8, 4) is 5.75 Å². The summed E-state index contributed by atoms with van der Waals surface area (Å²) in [5.74, 6) is 1.74. The molecule has 0 amide bonds. The Bertz CT molecular complexity index is 387. The largest absolute Gasteiger partial charge is 0.489 e. The molecule has 1 aromatic carbocycles. The number of hydrogen-bond donors (Lipinski definition) is 1. The molecule has 0 spiro atoms. The standard InChI is InChI=1S/C11H12N2OS/c12-11-13-6-9(8-15-11)7-14-10-4-2-1-3-5-10/h1-6H,7-8H2,(H2,12,13). The van der Waals surface area contributed by atoms with Crippen LogP contribution in [0.4, 0.5) is 0 Å². The minimum atomic E-state index is 0.577. The summed E-state index contributed by atoms with van der Waals surface area (Å²) in [6.07, 6.45) is 1.79. The van der Waals surface area contributed by atoms with Crippen LogP contribution < -0.4 is 10.5 Å². The Morgan fingerprint density at radius 1 is 1.33 bits per heavy atom. The van der Waals surface area contributed by atoms with Crippen molar-refractivity contribution in [3.63, 3.8) is 0 Å². The van der Waals surface area contributed by atoms with Crippen LogP contribution in [-0.2, 0) is 0 Å². The number of nitrogens with zero attached hydrogens (tertiary/aromatic N) is 1. The molecule has 0 fully saturated rings. The normalized spacial score (nSPS) is 15.5. The number of rotatable bonds is 3. The highest BCUT2D eigenvalue weighted by Crippen LogP contribution is 2.16. The van der Waals surface area contributed by atoms with Crippen LogP contribution in [0.15, 0.2) is 47.1 Å². The molecular weight excluding hydrogens is 208 g/mol. The lowest BCUT2D eigenvalue weighted by Crippen LogP contribution is -2.13. The summed E-state index contributed by atoms with van der Waals surface area (Å²) >= 11 is 1.54. The number of aliphatic imine (C=N–C) groups is 1. The predicted molar refractivity (Wildman–Crippen MR) is 64.1 cm³/mol. The molecule has 0 unspecified atom stereocenters. The number of hydrogen-bond acceptors (Lipinski definition) is 4. The highest BCUT2D eigenvalue weighted by atomic mass is 32.2. The summed E-state index contributed by atoms with van der Waals surface area (Å²) in [6.45, 7) is 0.577. The van der Waals surface area contributed by atoms with E-state index in [0.717, 1.165) is 17.1 Å². The Morgan fingerprint density at radius 3 is 2.80 bits per heavy atom. The molecule has 0 bridgehead atoms. The van der Waals surface area contributed by atoms with Gasteiger partial charge in [-0.3, -0.25) is 0 Å². The summed E-state index contributed by atoms with van der Waals surface area (Å²) in [5, 5.41) is 0.624. The fraction of sp³-hybridized carbons (Fsp3) is 0.182. The summed E-state index contributed by atoms with van der Waals surface area (Å²) in [4.78, 5) is 4.04. The van der Waals surface area contributed by atoms with Gasteiger partial charge in [-0.2, -0.15) is 0 Å². The van der Waals surface area contributed by atoms with E-state index >= 15 is 0 Å². The zero-order valence-corrected chi connectivity index (χ0v) is 9.04. The first kappa shape index (κ1) is 10.1. The maximum absolute atomic E-state index is 5.59. The third-order valence-electron chi connectivity index (χ3n) is 1.95. The van der Waals surface area contributed by atoms with Crippen LogP contribution in [0.1, 0.15) is 0 Å². The van der Waals surface area contributed by atoms with E-state index in [2.05, 4.69) is 4.99 Å². The van der Waals surface area contributed by atoms with E-state index in [9.17, 15) is 0 Å². The first-order chi connectivity index (χ1) is 7.34. The van der Waals surface area contributed by atoms with E-state index in [0.29, 0.717) is 11.8 Å². The summed E-state index contributed by atoms with van der Waals surface area (Å²) in [6, 6.07) is 9.75. The molecule has 78 valence electrons. The van der Waals surface area contributed by atoms with Crippen LogP contribution in [0, 0.1) is 0 Å². The number of amidine groups is 1. The van der Waals surface area contributed by atoms with Crippen molar-refractivity contribution in [2.24, 2.45) is 10.7 Å². The molecule has 1 aromatic rings. The van der Waals surface area contributed by atoms with Crippen molar-refractivity contribution >= 4 is 16.9 Å². The third-order valence-corrected chi connectivity index (χ3v) is 2.86. The maximum Gasteiger partial charge on any atom is 0.158 e. The van der Waals surface area contributed by atoms with E-state index in [1.807, 2.05) is 30.3 Å². The molecule has 1 aliphatic rings. The molecule has 0 atom stereocenters. The van der Waals surface area contributed by atoms with Crippen molar-refractivity contribution in [3.05, 3.63) is 42.1 Å². The van der Waals surface area contributed by atoms with Crippen LogP contribution in [0.5, 0.6) is 5.75 Å². The number of nitrogens with two attached hydrogens (primary N) is 1. The van der Waals surface area contributed by atoms with Crippen LogP contribution in [0.3, 0.4) is 0 Å². The quantitative estimate of drug-likeness (QED) is 0.847. The zero-order valence-electron chi connectivity index (χ0n) is 8.22. The first-order valence-corrected chi connectivity index (χ1v) is 5.65. The molecule has 1 aliphatic heterocycles. The zero-order chi connectivity index (χ0) is 10.5. The fourth-order valence-corrected chi connectivity index (χ4v) is 1.79. The summed E-state index contributed by atoms with van der Waals surface area (Å²) in [7, 11) is 0. The van der Waals surface area contributed by atoms with Crippen molar-refractivity contribution in [2.75, 3.05) is 12.4 Å². The van der Waals surface area contributed by atoms with Crippen LogP contribution in [0.2, 0.25) is 0 Å². The average Bonchev–Trinajstić information content (AvgIpc) is 2.30. The fourth-order valence-electron chi connectivity index (χ4n) is 1.17. The number of benzene rings is 1. The molecule has 0 aromatic heterocycles. The van der Waals surface area contributed by atoms with Gasteiger partial charge in [-0.25, -0.2) is 4.99 Å². The molecule has 2 N–H and O–H groups in total. The van der Waals surface area contributed by atoms with Gasteiger partial charge in [-0.15, -0.1) is 0 Å². The third kappa shape index (κ3) is 3.02. The number of thioether (sulfide) groups is 1. The van der Waals surface area contributed by atoms with Crippen LogP contribution >= 0.6 is 11.8 Å². The highest BCUT2D eigenvalue weighted by Gasteiger charge is 2.06. The topological polar surface area (TPSA) is 47.6 Å². The monoisotopic (exact) mass is 220 g/mol. The Labute approximate surface area is 93.0 Å². The molecule has 0 radical (unpaired) electrons. The second-order valence-electron chi connectivity index (χ2n) is 3.15. The van der Waals surface area contributed by atoms with Crippen LogP contribution in [-0.4, -0.2) is 17.5 Å². The van der Waals surface area contributed by atoms with E-state index in [1.54, 1.807) is 18.0 Å². The first-order valence-electron chi connectivity index (χ1n) is 4.66. The van der Waals surface area contributed by atoms with Gasteiger partial charge in [0.05, 0.1) is 0 Å². The van der Waals surface area contributed by atoms with Crippen molar-refractivity contribution < 1.29 is 4.74 Å². The lowest BCUT2D eigenvalue weighted by atomic mass is 10.3. The molecule has 3 nitrogen and oxygen atoms in total. The number of para-hydroxylation sites is 1. The van der Waals surface area contributed by atoms with Crippen molar-refractivity contribution in [1.29, 1.82) is 0 Å². The lowest BCUT2D eigenvalue weighted by Gasteiger charge is -2.11. The van der Waals surface area contributed by atoms with Gasteiger partial charge in [-0.1, -0.05) is 30.0 Å². The SMILES string of the molecule is NC1=NC=C(COc2ccccc2)CS1. The second kappa shape index (κ2) is 4.89. The van der Waals surface area contributed by atoms with Crippen LogP contribution in [0.25, 0.3) is 0 Å². The minimum absolute atomic E-state index is 0.577. The molecule has 4 heteroatoms. The maximum atomic E-state index is 5.59. The molecule has 0 saturated heterocycles. The van der Waals surface area contributed by atoms with Gasteiger partial charge in [0.2, 0.25) is 0 Å². The molecule has 0 aliphatic carbocycles. The lowest BCUT2D eigenvalue weighted by molar-refractivity contribution is 0.352. The molecule has 2 rings (SSSR count). The van der Waals surface area contributed by atoms with Gasteiger partial charge in [0, 0.05) is 12.0 Å². The van der Waals surface area contributed by atoms with Gasteiger partial charge in [0.1, 0.15) is 12.4 Å². The summed E-state index contributed by atoms with van der Waals surface area (Å²) in [5.41, 5.74) is 6.68. The van der Waals surface area contributed by atoms with Gasteiger partial charge in [0.25, 0.3) is 0 Å². The molecule has 1 heterocycles. The Morgan fingerprint density at radius 2 is 2.13 bits per heavy atom. The van der Waals surface area contributed by atoms with Gasteiger partial charge in [-0.05, 0) is 17.7 Å². The molecular formula is C11H12N2OS. The second-order valence-corrected chi connectivity index (χ2v) is 4.14.